The molecule has 0 spiro atoms. The van der Waals surface area contributed by atoms with Crippen LogP contribution in [0, 0.1) is 5.92 Å². The highest BCUT2D eigenvalue weighted by Crippen LogP contribution is 2.21. The summed E-state index contributed by atoms with van der Waals surface area (Å²) in [5.74, 6) is 0.523. The van der Waals surface area contributed by atoms with E-state index in [-0.39, 0.29) is 16.8 Å². The van der Waals surface area contributed by atoms with Crippen molar-refractivity contribution in [1.82, 2.24) is 9.62 Å². The Balaban J connectivity index is 1.93. The number of carbonyl (C=O) groups excluding carboxylic acids is 1. The predicted octanol–water partition coefficient (Wildman–Crippen LogP) is 3.42. The van der Waals surface area contributed by atoms with Gasteiger partial charge < -0.3 is 5.32 Å². The van der Waals surface area contributed by atoms with E-state index in [1.54, 1.807) is 12.1 Å². The number of sulfonamides is 1. The van der Waals surface area contributed by atoms with Gasteiger partial charge in [0.1, 0.15) is 0 Å². The molecule has 1 aliphatic rings. The molecule has 0 saturated carbocycles. The topological polar surface area (TPSA) is 66.5 Å². The third-order valence-electron chi connectivity index (χ3n) is 4.62. The van der Waals surface area contributed by atoms with Crippen molar-refractivity contribution < 1.29 is 13.2 Å². The minimum absolute atomic E-state index is 0.110. The molecular formula is C19H30N2O3S. The lowest BCUT2D eigenvalue weighted by molar-refractivity contribution is 0.0937. The second kappa shape index (κ2) is 8.81. The van der Waals surface area contributed by atoms with Gasteiger partial charge >= 0.3 is 0 Å². The monoisotopic (exact) mass is 366 g/mol. The summed E-state index contributed by atoms with van der Waals surface area (Å²) in [7, 11) is -3.42. The van der Waals surface area contributed by atoms with Gasteiger partial charge in [-0.25, -0.2) is 8.42 Å². The van der Waals surface area contributed by atoms with E-state index >= 15 is 0 Å². The molecule has 0 aromatic heterocycles. The third-order valence-corrected chi connectivity index (χ3v) is 6.53. The fraction of sp³-hybridized carbons (Fsp3) is 0.632. The number of carbonyl (C=O) groups is 1. The first kappa shape index (κ1) is 19.9. The van der Waals surface area contributed by atoms with Gasteiger partial charge in [-0.2, -0.15) is 4.31 Å². The molecule has 0 aliphatic carbocycles. The van der Waals surface area contributed by atoms with Crippen molar-refractivity contribution in [2.45, 2.75) is 63.8 Å². The van der Waals surface area contributed by atoms with Gasteiger partial charge in [-0.3, -0.25) is 4.79 Å². The number of nitrogens with one attached hydrogen (secondary N) is 1. The molecule has 6 heteroatoms. The Bertz CT molecular complexity index is 662. The van der Waals surface area contributed by atoms with Crippen LogP contribution < -0.4 is 5.32 Å². The Morgan fingerprint density at radius 2 is 1.68 bits per heavy atom. The van der Waals surface area contributed by atoms with Gasteiger partial charge in [-0.1, -0.05) is 26.7 Å². The number of hydrogen-bond acceptors (Lipinski definition) is 3. The second-order valence-electron chi connectivity index (χ2n) is 7.33. The van der Waals surface area contributed by atoms with Crippen molar-refractivity contribution in [3.63, 3.8) is 0 Å². The van der Waals surface area contributed by atoms with Gasteiger partial charge in [-0.05, 0) is 56.4 Å². The molecule has 1 fully saturated rings. The third kappa shape index (κ3) is 5.54. The first-order valence-electron chi connectivity index (χ1n) is 9.22. The van der Waals surface area contributed by atoms with Crippen molar-refractivity contribution in [2.75, 3.05) is 13.1 Å². The number of hydrogen-bond donors (Lipinski definition) is 1. The molecule has 0 unspecified atom stereocenters. The normalized spacial score (nSPS) is 17.0. The summed E-state index contributed by atoms with van der Waals surface area (Å²) in [6.07, 6.45) is 5.02. The minimum Gasteiger partial charge on any atom is -0.350 e. The van der Waals surface area contributed by atoms with Crippen LogP contribution >= 0.6 is 0 Å². The van der Waals surface area contributed by atoms with Crippen LogP contribution in [0.15, 0.2) is 29.2 Å². The lowest BCUT2D eigenvalue weighted by Gasteiger charge is -2.16. The average Bonchev–Trinajstić information content (AvgIpc) is 3.10. The molecule has 1 heterocycles. The Morgan fingerprint density at radius 1 is 1.08 bits per heavy atom. The highest BCUT2D eigenvalue weighted by Gasteiger charge is 2.27. The summed E-state index contributed by atoms with van der Waals surface area (Å²) in [5.41, 5.74) is 0.496. The molecule has 5 nitrogen and oxygen atoms in total. The van der Waals surface area contributed by atoms with E-state index in [0.717, 1.165) is 32.1 Å². The smallest absolute Gasteiger partial charge is 0.251 e. The zero-order valence-electron chi connectivity index (χ0n) is 15.5. The quantitative estimate of drug-likeness (QED) is 0.767. The van der Waals surface area contributed by atoms with Gasteiger partial charge in [0, 0.05) is 24.7 Å². The Hall–Kier alpha value is -1.40. The summed E-state index contributed by atoms with van der Waals surface area (Å²) in [6, 6.07) is 6.37. The van der Waals surface area contributed by atoms with Crippen molar-refractivity contribution >= 4 is 15.9 Å². The van der Waals surface area contributed by atoms with Crippen molar-refractivity contribution in [2.24, 2.45) is 5.92 Å². The Kier molecular flexibility index (Phi) is 7.02. The van der Waals surface area contributed by atoms with Crippen LogP contribution in [0.1, 0.15) is 63.2 Å². The van der Waals surface area contributed by atoms with Crippen LogP contribution in [-0.4, -0.2) is 37.8 Å². The maximum Gasteiger partial charge on any atom is 0.251 e. The SMILES string of the molecule is CC(C)CCC[C@@H](C)NC(=O)c1ccc(S(=O)(=O)N2CCCC2)cc1. The molecule has 1 atom stereocenters. The molecule has 1 saturated heterocycles. The first-order valence-corrected chi connectivity index (χ1v) is 10.7. The summed E-state index contributed by atoms with van der Waals surface area (Å²) in [5, 5.41) is 2.98. The predicted molar refractivity (Wildman–Crippen MR) is 100 cm³/mol. The van der Waals surface area contributed by atoms with Crippen LogP contribution in [-0.2, 0) is 10.0 Å². The number of benzene rings is 1. The molecule has 1 aromatic carbocycles. The highest BCUT2D eigenvalue weighted by atomic mass is 32.2. The molecular weight excluding hydrogens is 336 g/mol. The molecule has 140 valence electrons. The van der Waals surface area contributed by atoms with Crippen molar-refractivity contribution in [3.8, 4) is 0 Å². The molecule has 1 aromatic rings. The van der Waals surface area contributed by atoms with E-state index in [0.29, 0.717) is 24.6 Å². The van der Waals surface area contributed by atoms with Crippen molar-refractivity contribution in [3.05, 3.63) is 29.8 Å². The zero-order chi connectivity index (χ0) is 18.4. The maximum absolute atomic E-state index is 12.5. The van der Waals surface area contributed by atoms with Gasteiger partial charge in [0.25, 0.3) is 5.91 Å². The van der Waals surface area contributed by atoms with Crippen LogP contribution in [0.5, 0.6) is 0 Å². The minimum atomic E-state index is -3.42. The van der Waals surface area contributed by atoms with Gasteiger partial charge in [0.2, 0.25) is 10.0 Å². The van der Waals surface area contributed by atoms with Crippen LogP contribution in [0.25, 0.3) is 0 Å². The molecule has 1 aliphatic heterocycles. The number of nitrogens with zero attached hydrogens (tertiary/aromatic N) is 1. The summed E-state index contributed by atoms with van der Waals surface area (Å²) in [4.78, 5) is 12.6. The fourth-order valence-electron chi connectivity index (χ4n) is 3.07. The first-order chi connectivity index (χ1) is 11.8. The molecule has 25 heavy (non-hydrogen) atoms. The molecule has 2 rings (SSSR count). The van der Waals surface area contributed by atoms with E-state index in [9.17, 15) is 13.2 Å². The fourth-order valence-corrected chi connectivity index (χ4v) is 4.58. The zero-order valence-corrected chi connectivity index (χ0v) is 16.3. The molecule has 0 radical (unpaired) electrons. The van der Waals surface area contributed by atoms with Gasteiger partial charge in [-0.15, -0.1) is 0 Å². The lowest BCUT2D eigenvalue weighted by Crippen LogP contribution is -2.32. The van der Waals surface area contributed by atoms with E-state index in [1.807, 2.05) is 6.92 Å². The Labute approximate surface area is 151 Å². The average molecular weight is 367 g/mol. The standard InChI is InChI=1S/C19H30N2O3S/c1-15(2)7-6-8-16(3)20-19(22)17-9-11-18(12-10-17)25(23,24)21-13-4-5-14-21/h9-12,15-16H,4-8,13-14H2,1-3H3,(H,20,22)/t16-/m1/s1. The van der Waals surface area contributed by atoms with Crippen molar-refractivity contribution in [1.29, 1.82) is 0 Å². The molecule has 1 N–H and O–H groups in total. The molecule has 0 bridgehead atoms. The van der Waals surface area contributed by atoms with E-state index in [4.69, 9.17) is 0 Å². The van der Waals surface area contributed by atoms with Gasteiger partial charge in [0.05, 0.1) is 4.90 Å². The number of amides is 1. The summed E-state index contributed by atoms with van der Waals surface area (Å²) < 4.78 is 26.5. The lowest BCUT2D eigenvalue weighted by atomic mass is 10.0. The van der Waals surface area contributed by atoms with Gasteiger partial charge in [0.15, 0.2) is 0 Å². The largest absolute Gasteiger partial charge is 0.350 e. The summed E-state index contributed by atoms with van der Waals surface area (Å²) >= 11 is 0. The molecule has 1 amide bonds. The van der Waals surface area contributed by atoms with Crippen LogP contribution in [0.2, 0.25) is 0 Å². The number of rotatable bonds is 8. The maximum atomic E-state index is 12.5. The Morgan fingerprint density at radius 3 is 2.24 bits per heavy atom. The van der Waals surface area contributed by atoms with E-state index < -0.39 is 10.0 Å². The second-order valence-corrected chi connectivity index (χ2v) is 9.27. The summed E-state index contributed by atoms with van der Waals surface area (Å²) in [6.45, 7) is 7.56. The van der Waals surface area contributed by atoms with Crippen LogP contribution in [0.4, 0.5) is 0 Å². The van der Waals surface area contributed by atoms with E-state index in [2.05, 4.69) is 19.2 Å². The van der Waals surface area contributed by atoms with Crippen LogP contribution in [0.3, 0.4) is 0 Å². The van der Waals surface area contributed by atoms with E-state index in [1.165, 1.54) is 16.4 Å². The highest BCUT2D eigenvalue weighted by molar-refractivity contribution is 7.89.